The Bertz CT molecular complexity index is 1710. The van der Waals surface area contributed by atoms with Gasteiger partial charge in [-0.1, -0.05) is 66.7 Å². The van der Waals surface area contributed by atoms with Gasteiger partial charge >= 0.3 is 23.9 Å². The summed E-state index contributed by atoms with van der Waals surface area (Å²) in [4.78, 5) is 52.4. The molecule has 44 heavy (non-hydrogen) atoms. The maximum Gasteiger partial charge on any atom is 0.343 e. The van der Waals surface area contributed by atoms with E-state index in [4.69, 9.17) is 18.9 Å². The van der Waals surface area contributed by atoms with Crippen molar-refractivity contribution in [3.05, 3.63) is 161 Å². The minimum Gasteiger partial charge on any atom is -0.457 e. The molecule has 5 aromatic carbocycles. The summed E-state index contributed by atoms with van der Waals surface area (Å²) in [5.41, 5.74) is 0.828. The second-order valence-corrected chi connectivity index (χ2v) is 9.27. The zero-order chi connectivity index (χ0) is 30.9. The van der Waals surface area contributed by atoms with Gasteiger partial charge in [-0.15, -0.1) is 0 Å². The van der Waals surface area contributed by atoms with Crippen LogP contribution in [0.5, 0.6) is 17.2 Å². The quantitative estimate of drug-likeness (QED) is 0.136. The molecule has 0 aromatic heterocycles. The van der Waals surface area contributed by atoms with Crippen molar-refractivity contribution < 1.29 is 42.5 Å². The van der Waals surface area contributed by atoms with Crippen molar-refractivity contribution in [1.29, 1.82) is 0 Å². The van der Waals surface area contributed by atoms with Gasteiger partial charge in [0.1, 0.15) is 12.4 Å². The summed E-state index contributed by atoms with van der Waals surface area (Å²) in [6, 6.07) is 31.6. The van der Waals surface area contributed by atoms with E-state index >= 15 is 0 Å². The maximum absolute atomic E-state index is 13.3. The lowest BCUT2D eigenvalue weighted by Gasteiger charge is -2.16. The normalized spacial score (nSPS) is 10.4. The lowest BCUT2D eigenvalue weighted by atomic mass is 10.1. The molecule has 0 heterocycles. The smallest absolute Gasteiger partial charge is 0.343 e. The zero-order valence-corrected chi connectivity index (χ0v) is 23.0. The molecule has 0 aliphatic rings. The Kier molecular flexibility index (Phi) is 9.17. The third kappa shape index (κ3) is 7.40. The molecule has 5 aromatic rings. The second kappa shape index (κ2) is 13.7. The van der Waals surface area contributed by atoms with Gasteiger partial charge < -0.3 is 18.9 Å². The largest absolute Gasteiger partial charge is 0.457 e. The highest BCUT2D eigenvalue weighted by Crippen LogP contribution is 2.41. The average molecular weight is 591 g/mol. The molecule has 0 aliphatic carbocycles. The summed E-state index contributed by atoms with van der Waals surface area (Å²) >= 11 is 0. The average Bonchev–Trinajstić information content (AvgIpc) is 3.06. The van der Waals surface area contributed by atoms with Crippen LogP contribution < -0.4 is 14.2 Å². The van der Waals surface area contributed by atoms with Crippen molar-refractivity contribution in [3.63, 3.8) is 0 Å². The molecule has 5 rings (SSSR count). The minimum atomic E-state index is -0.885. The lowest BCUT2D eigenvalue weighted by Crippen LogP contribution is -2.16. The van der Waals surface area contributed by atoms with Gasteiger partial charge in [0.25, 0.3) is 0 Å². The number of rotatable bonds is 9. The predicted octanol–water partition coefficient (Wildman–Crippen LogP) is 6.84. The van der Waals surface area contributed by atoms with Gasteiger partial charge in [-0.25, -0.2) is 23.6 Å². The van der Waals surface area contributed by atoms with Crippen molar-refractivity contribution in [3.8, 4) is 17.2 Å². The van der Waals surface area contributed by atoms with E-state index in [-0.39, 0.29) is 40.4 Å². The molecule has 8 nitrogen and oxygen atoms in total. The van der Waals surface area contributed by atoms with E-state index in [0.29, 0.717) is 5.56 Å². The van der Waals surface area contributed by atoms with Crippen LogP contribution in [0.15, 0.2) is 127 Å². The monoisotopic (exact) mass is 590 g/mol. The molecule has 0 amide bonds. The van der Waals surface area contributed by atoms with Crippen LogP contribution in [-0.4, -0.2) is 23.9 Å². The molecule has 9 heteroatoms. The predicted molar refractivity (Wildman–Crippen MR) is 156 cm³/mol. The summed E-state index contributed by atoms with van der Waals surface area (Å²) in [5.74, 6) is -5.02. The van der Waals surface area contributed by atoms with Crippen molar-refractivity contribution in [2.45, 2.75) is 6.61 Å². The maximum atomic E-state index is 13.3. The van der Waals surface area contributed by atoms with E-state index < -0.39 is 35.4 Å². The highest BCUT2D eigenvalue weighted by atomic mass is 19.1. The fourth-order valence-electron chi connectivity index (χ4n) is 3.95. The van der Waals surface area contributed by atoms with Crippen LogP contribution in [0.2, 0.25) is 0 Å². The number of hydrogen-bond donors (Lipinski definition) is 0. The second-order valence-electron chi connectivity index (χ2n) is 9.27. The van der Waals surface area contributed by atoms with Crippen molar-refractivity contribution in [1.82, 2.24) is 0 Å². The number of halogens is 1. The molecule has 0 bridgehead atoms. The number of esters is 4. The number of ether oxygens (including phenoxy) is 4. The molecule has 0 saturated carbocycles. The minimum absolute atomic E-state index is 0.163. The molecule has 0 aliphatic heterocycles. The van der Waals surface area contributed by atoms with Crippen LogP contribution in [0.25, 0.3) is 0 Å². The first-order chi connectivity index (χ1) is 21.4. The van der Waals surface area contributed by atoms with Crippen molar-refractivity contribution in [2.75, 3.05) is 0 Å². The van der Waals surface area contributed by atoms with E-state index in [0.717, 1.165) is 12.1 Å². The molecular weight excluding hydrogens is 567 g/mol. The van der Waals surface area contributed by atoms with Crippen LogP contribution in [0.1, 0.15) is 47.0 Å². The Hall–Kier alpha value is -6.09. The Morgan fingerprint density at radius 3 is 1.32 bits per heavy atom. The number of carbonyl (C=O) groups excluding carboxylic acids is 4. The van der Waals surface area contributed by atoms with Crippen LogP contribution in [0.4, 0.5) is 4.39 Å². The van der Waals surface area contributed by atoms with Crippen LogP contribution >= 0.6 is 0 Å². The third-order valence-electron chi connectivity index (χ3n) is 6.17. The molecule has 0 fully saturated rings. The summed E-state index contributed by atoms with van der Waals surface area (Å²) in [6.07, 6.45) is 0. The molecule has 0 unspecified atom stereocenters. The fourth-order valence-corrected chi connectivity index (χ4v) is 3.95. The van der Waals surface area contributed by atoms with E-state index in [2.05, 4.69) is 0 Å². The Balaban J connectivity index is 1.55. The van der Waals surface area contributed by atoms with Gasteiger partial charge in [-0.05, 0) is 66.2 Å². The van der Waals surface area contributed by atoms with E-state index in [1.807, 2.05) is 0 Å². The SMILES string of the molecule is O=C(OCc1ccc(F)cc1)c1cc(OC(=O)c2ccccc2)c(OC(=O)c2ccccc2)c(OC(=O)c2ccccc2)c1. The van der Waals surface area contributed by atoms with Gasteiger partial charge in [-0.3, -0.25) is 0 Å². The Morgan fingerprint density at radius 1 is 0.477 bits per heavy atom. The summed E-state index contributed by atoms with van der Waals surface area (Å²) < 4.78 is 35.5. The third-order valence-corrected chi connectivity index (χ3v) is 6.17. The topological polar surface area (TPSA) is 105 Å². The number of hydrogen-bond acceptors (Lipinski definition) is 8. The van der Waals surface area contributed by atoms with Gasteiger partial charge in [0.2, 0.25) is 5.75 Å². The summed E-state index contributed by atoms with van der Waals surface area (Å²) in [5, 5.41) is 0. The molecule has 0 saturated heterocycles. The highest BCUT2D eigenvalue weighted by molar-refractivity contribution is 5.97. The fraction of sp³-hybridized carbons (Fsp3) is 0.0286. The highest BCUT2D eigenvalue weighted by Gasteiger charge is 2.26. The summed E-state index contributed by atoms with van der Waals surface area (Å²) in [7, 11) is 0. The molecule has 0 atom stereocenters. The van der Waals surface area contributed by atoms with Crippen molar-refractivity contribution in [2.24, 2.45) is 0 Å². The van der Waals surface area contributed by atoms with Crippen LogP contribution in [0, 0.1) is 5.82 Å². The standard InChI is InChI=1S/C35H23FO8/c36-28-18-16-23(17-19-28)22-41-32(37)27-20-29(42-33(38)24-10-4-1-5-11-24)31(44-35(40)26-14-8-3-9-15-26)30(21-27)43-34(39)25-12-6-2-7-13-25/h1-21H,22H2. The van der Waals surface area contributed by atoms with Gasteiger partial charge in [0, 0.05) is 0 Å². The van der Waals surface area contributed by atoms with Crippen molar-refractivity contribution >= 4 is 23.9 Å². The molecule has 0 N–H and O–H groups in total. The van der Waals surface area contributed by atoms with E-state index in [1.165, 1.54) is 60.7 Å². The lowest BCUT2D eigenvalue weighted by molar-refractivity contribution is 0.0469. The van der Waals surface area contributed by atoms with E-state index in [9.17, 15) is 23.6 Å². The van der Waals surface area contributed by atoms with E-state index in [1.54, 1.807) is 54.6 Å². The molecule has 0 spiro atoms. The van der Waals surface area contributed by atoms with Gasteiger partial charge in [0.15, 0.2) is 11.5 Å². The molecule has 218 valence electrons. The molecular formula is C35H23FO8. The van der Waals surface area contributed by atoms with Gasteiger partial charge in [0.05, 0.1) is 22.3 Å². The zero-order valence-electron chi connectivity index (χ0n) is 23.0. The first-order valence-corrected chi connectivity index (χ1v) is 13.3. The van der Waals surface area contributed by atoms with Gasteiger partial charge in [-0.2, -0.15) is 0 Å². The Morgan fingerprint density at radius 2 is 0.886 bits per heavy atom. The first-order valence-electron chi connectivity index (χ1n) is 13.3. The summed E-state index contributed by atoms with van der Waals surface area (Å²) in [6.45, 7) is -0.206. The van der Waals surface area contributed by atoms with Crippen LogP contribution in [-0.2, 0) is 11.3 Å². The number of benzene rings is 5. The number of carbonyl (C=O) groups is 4. The van der Waals surface area contributed by atoms with Crippen LogP contribution in [0.3, 0.4) is 0 Å². The first kappa shape index (κ1) is 29.4. The Labute approximate surface area is 251 Å². The molecule has 0 radical (unpaired) electrons.